The number of hydrogen-bond acceptors (Lipinski definition) is 5. The van der Waals surface area contributed by atoms with Crippen molar-refractivity contribution in [3.63, 3.8) is 0 Å². The Bertz CT molecular complexity index is 516. The van der Waals surface area contributed by atoms with Crippen LogP contribution in [0.25, 0.3) is 0 Å². The summed E-state index contributed by atoms with van der Waals surface area (Å²) in [6.07, 6.45) is 0. The molecule has 0 spiro atoms. The molecule has 0 atom stereocenters. The SMILES string of the molecule is COc1cc(C(=O)NCC(C)(C)CN(C)C)cc(OC)c1OC. The number of hydrogen-bond donors (Lipinski definition) is 1. The first-order valence-corrected chi connectivity index (χ1v) is 7.47. The summed E-state index contributed by atoms with van der Waals surface area (Å²) >= 11 is 0. The summed E-state index contributed by atoms with van der Waals surface area (Å²) in [7, 11) is 8.62. The van der Waals surface area contributed by atoms with Crippen LogP contribution in [0.4, 0.5) is 0 Å². The molecule has 0 fully saturated rings. The Balaban J connectivity index is 2.92. The van der Waals surface area contributed by atoms with Crippen LogP contribution in [0.5, 0.6) is 17.2 Å². The van der Waals surface area contributed by atoms with Gasteiger partial charge >= 0.3 is 0 Å². The number of nitrogens with one attached hydrogen (secondary N) is 1. The molecular weight excluding hydrogens is 296 g/mol. The minimum atomic E-state index is -0.170. The van der Waals surface area contributed by atoms with Gasteiger partial charge in [-0.15, -0.1) is 0 Å². The largest absolute Gasteiger partial charge is 0.493 e. The molecular formula is C17H28N2O4. The second-order valence-electron chi connectivity index (χ2n) is 6.50. The Morgan fingerprint density at radius 2 is 1.61 bits per heavy atom. The smallest absolute Gasteiger partial charge is 0.251 e. The molecule has 23 heavy (non-hydrogen) atoms. The summed E-state index contributed by atoms with van der Waals surface area (Å²) < 4.78 is 15.8. The molecule has 0 heterocycles. The third-order valence-electron chi connectivity index (χ3n) is 3.40. The lowest BCUT2D eigenvalue weighted by Gasteiger charge is -2.28. The van der Waals surface area contributed by atoms with Gasteiger partial charge in [0.05, 0.1) is 21.3 Å². The van der Waals surface area contributed by atoms with E-state index >= 15 is 0 Å². The van der Waals surface area contributed by atoms with Crippen molar-refractivity contribution in [2.75, 3.05) is 48.5 Å². The highest BCUT2D eigenvalue weighted by Crippen LogP contribution is 2.38. The number of rotatable bonds is 8. The van der Waals surface area contributed by atoms with Gasteiger partial charge in [-0.1, -0.05) is 13.8 Å². The zero-order valence-electron chi connectivity index (χ0n) is 15.1. The van der Waals surface area contributed by atoms with Gasteiger partial charge in [0, 0.05) is 18.7 Å². The average molecular weight is 324 g/mol. The molecule has 0 radical (unpaired) electrons. The van der Waals surface area contributed by atoms with E-state index in [0.717, 1.165) is 6.54 Å². The molecule has 0 aliphatic heterocycles. The van der Waals surface area contributed by atoms with E-state index in [-0.39, 0.29) is 11.3 Å². The Morgan fingerprint density at radius 3 is 2.00 bits per heavy atom. The van der Waals surface area contributed by atoms with Crippen molar-refractivity contribution in [2.45, 2.75) is 13.8 Å². The molecule has 1 rings (SSSR count). The predicted octanol–water partition coefficient (Wildman–Crippen LogP) is 2.03. The van der Waals surface area contributed by atoms with E-state index in [1.165, 1.54) is 21.3 Å². The summed E-state index contributed by atoms with van der Waals surface area (Å²) in [5.74, 6) is 1.23. The third kappa shape index (κ3) is 5.32. The van der Waals surface area contributed by atoms with Crippen molar-refractivity contribution in [1.82, 2.24) is 10.2 Å². The second-order valence-corrected chi connectivity index (χ2v) is 6.50. The van der Waals surface area contributed by atoms with Crippen LogP contribution in [-0.4, -0.2) is 59.3 Å². The number of carbonyl (C=O) groups is 1. The highest BCUT2D eigenvalue weighted by atomic mass is 16.5. The first-order chi connectivity index (χ1) is 10.7. The zero-order valence-corrected chi connectivity index (χ0v) is 15.1. The minimum absolute atomic E-state index is 0.0280. The highest BCUT2D eigenvalue weighted by Gasteiger charge is 2.22. The van der Waals surface area contributed by atoms with Crippen LogP contribution in [0.1, 0.15) is 24.2 Å². The Hall–Kier alpha value is -1.95. The molecule has 1 amide bonds. The maximum absolute atomic E-state index is 12.4. The van der Waals surface area contributed by atoms with Gasteiger partial charge in [-0.25, -0.2) is 0 Å². The van der Waals surface area contributed by atoms with E-state index in [4.69, 9.17) is 14.2 Å². The Kier molecular flexibility index (Phi) is 6.69. The first-order valence-electron chi connectivity index (χ1n) is 7.47. The molecule has 0 aromatic heterocycles. The molecule has 1 aromatic carbocycles. The molecule has 1 N–H and O–H groups in total. The summed E-state index contributed by atoms with van der Waals surface area (Å²) in [5, 5.41) is 2.97. The molecule has 0 unspecified atom stereocenters. The molecule has 130 valence electrons. The number of amides is 1. The summed E-state index contributed by atoms with van der Waals surface area (Å²) in [4.78, 5) is 14.5. The van der Waals surface area contributed by atoms with Gasteiger partial charge in [-0.05, 0) is 31.6 Å². The first kappa shape index (κ1) is 19.1. The number of carbonyl (C=O) groups excluding carboxylic acids is 1. The van der Waals surface area contributed by atoms with Gasteiger partial charge in [0.25, 0.3) is 5.91 Å². The fourth-order valence-corrected chi connectivity index (χ4v) is 2.55. The van der Waals surface area contributed by atoms with E-state index in [0.29, 0.717) is 29.4 Å². The lowest BCUT2D eigenvalue weighted by Crippen LogP contribution is -2.40. The fraction of sp³-hybridized carbons (Fsp3) is 0.588. The van der Waals surface area contributed by atoms with E-state index in [1.807, 2.05) is 14.1 Å². The molecule has 0 bridgehead atoms. The molecule has 0 aliphatic carbocycles. The van der Waals surface area contributed by atoms with Gasteiger partial charge in [-0.2, -0.15) is 0 Å². The van der Waals surface area contributed by atoms with Crippen LogP contribution < -0.4 is 19.5 Å². The van der Waals surface area contributed by atoms with E-state index in [1.54, 1.807) is 12.1 Å². The zero-order chi connectivity index (χ0) is 17.6. The molecule has 6 nitrogen and oxygen atoms in total. The number of nitrogens with zero attached hydrogens (tertiary/aromatic N) is 1. The maximum atomic E-state index is 12.4. The monoisotopic (exact) mass is 324 g/mol. The van der Waals surface area contributed by atoms with Crippen LogP contribution >= 0.6 is 0 Å². The Labute approximate surface area is 138 Å². The van der Waals surface area contributed by atoms with Crippen LogP contribution in [-0.2, 0) is 0 Å². The lowest BCUT2D eigenvalue weighted by molar-refractivity contribution is 0.0928. The minimum Gasteiger partial charge on any atom is -0.493 e. The molecule has 0 aliphatic rings. The second kappa shape index (κ2) is 8.06. The maximum Gasteiger partial charge on any atom is 0.251 e. The van der Waals surface area contributed by atoms with Crippen molar-refractivity contribution >= 4 is 5.91 Å². The van der Waals surface area contributed by atoms with Crippen molar-refractivity contribution in [3.8, 4) is 17.2 Å². The van der Waals surface area contributed by atoms with E-state index < -0.39 is 0 Å². The van der Waals surface area contributed by atoms with E-state index in [2.05, 4.69) is 24.1 Å². The van der Waals surface area contributed by atoms with Crippen molar-refractivity contribution in [1.29, 1.82) is 0 Å². The average Bonchev–Trinajstić information content (AvgIpc) is 2.49. The van der Waals surface area contributed by atoms with Crippen LogP contribution in [0.2, 0.25) is 0 Å². The third-order valence-corrected chi connectivity index (χ3v) is 3.40. The quantitative estimate of drug-likeness (QED) is 0.793. The summed E-state index contributed by atoms with van der Waals surface area (Å²) in [6.45, 7) is 5.67. The summed E-state index contributed by atoms with van der Waals surface area (Å²) in [5.41, 5.74) is 0.444. The van der Waals surface area contributed by atoms with Gasteiger partial charge in [0.1, 0.15) is 0 Å². The van der Waals surface area contributed by atoms with Crippen molar-refractivity contribution in [2.24, 2.45) is 5.41 Å². The van der Waals surface area contributed by atoms with Crippen LogP contribution in [0.3, 0.4) is 0 Å². The normalized spacial score (nSPS) is 11.3. The van der Waals surface area contributed by atoms with Gasteiger partial charge in [0.15, 0.2) is 11.5 Å². The van der Waals surface area contributed by atoms with Gasteiger partial charge in [-0.3, -0.25) is 4.79 Å². The molecule has 1 aromatic rings. The number of ether oxygens (including phenoxy) is 3. The standard InChI is InChI=1S/C17H28N2O4/c1-17(2,11-19(3)4)10-18-16(20)12-8-13(21-5)15(23-7)14(9-12)22-6/h8-9H,10-11H2,1-7H3,(H,18,20). The Morgan fingerprint density at radius 1 is 1.09 bits per heavy atom. The molecule has 0 saturated carbocycles. The highest BCUT2D eigenvalue weighted by molar-refractivity contribution is 5.95. The fourth-order valence-electron chi connectivity index (χ4n) is 2.55. The van der Waals surface area contributed by atoms with Crippen LogP contribution in [0.15, 0.2) is 12.1 Å². The molecule has 0 saturated heterocycles. The predicted molar refractivity (Wildman–Crippen MR) is 90.8 cm³/mol. The van der Waals surface area contributed by atoms with Crippen molar-refractivity contribution < 1.29 is 19.0 Å². The van der Waals surface area contributed by atoms with Crippen LogP contribution in [0, 0.1) is 5.41 Å². The molecule has 6 heteroatoms. The summed E-state index contributed by atoms with van der Waals surface area (Å²) in [6, 6.07) is 3.30. The lowest BCUT2D eigenvalue weighted by atomic mass is 9.93. The van der Waals surface area contributed by atoms with E-state index in [9.17, 15) is 4.79 Å². The number of benzene rings is 1. The van der Waals surface area contributed by atoms with Gasteiger partial charge < -0.3 is 24.4 Å². The van der Waals surface area contributed by atoms with Crippen molar-refractivity contribution in [3.05, 3.63) is 17.7 Å². The number of methoxy groups -OCH3 is 3. The van der Waals surface area contributed by atoms with Gasteiger partial charge in [0.2, 0.25) is 5.75 Å². The topological polar surface area (TPSA) is 60.0 Å².